The fraction of sp³-hybridized carbons (Fsp3) is 0.548. The fourth-order valence-corrected chi connectivity index (χ4v) is 7.49. The zero-order valence-electron chi connectivity index (χ0n) is 22.1. The zero-order valence-corrected chi connectivity index (χ0v) is 23.7. The van der Waals surface area contributed by atoms with Crippen LogP contribution in [0.2, 0.25) is 0 Å². The van der Waals surface area contributed by atoms with Crippen LogP contribution in [0.4, 0.5) is 0 Å². The summed E-state index contributed by atoms with van der Waals surface area (Å²) >= 11 is 3.59. The summed E-state index contributed by atoms with van der Waals surface area (Å²) in [6.45, 7) is 1.32. The third kappa shape index (κ3) is 4.39. The van der Waals surface area contributed by atoms with Gasteiger partial charge in [0.1, 0.15) is 0 Å². The van der Waals surface area contributed by atoms with Gasteiger partial charge >= 0.3 is 0 Å². The molecule has 0 N–H and O–H groups in total. The molecular weight excluding hydrogens is 530 g/mol. The molecule has 1 atom stereocenters. The third-order valence-corrected chi connectivity index (χ3v) is 9.31. The molecular formula is C31H38BrNO4. The highest BCUT2D eigenvalue weighted by molar-refractivity contribution is 9.09. The summed E-state index contributed by atoms with van der Waals surface area (Å²) in [6, 6.07) is 9.19. The maximum Gasteiger partial charge on any atom is 0.231 e. The van der Waals surface area contributed by atoms with Gasteiger partial charge < -0.3 is 23.8 Å². The van der Waals surface area contributed by atoms with Crippen LogP contribution in [0.15, 0.2) is 24.3 Å². The number of fused-ring (bicyclic) bond motifs is 5. The van der Waals surface area contributed by atoms with Crippen molar-refractivity contribution in [3.8, 4) is 23.0 Å². The van der Waals surface area contributed by atoms with Crippen LogP contribution in [-0.2, 0) is 6.42 Å². The van der Waals surface area contributed by atoms with Gasteiger partial charge in [-0.05, 0) is 79.3 Å². The van der Waals surface area contributed by atoms with Crippen molar-refractivity contribution in [1.29, 1.82) is 0 Å². The molecule has 37 heavy (non-hydrogen) atoms. The number of methoxy groups -OCH3 is 2. The topological polar surface area (TPSA) is 40.2 Å². The molecule has 0 bridgehead atoms. The lowest BCUT2D eigenvalue weighted by Gasteiger charge is -2.48. The van der Waals surface area contributed by atoms with Gasteiger partial charge in [0.15, 0.2) is 23.0 Å². The Bertz CT molecular complexity index is 1190. The second-order valence-electron chi connectivity index (χ2n) is 10.7. The standard InChI is InChI=1S/C31H38BrNO4/c1-34-25-13-12-22-23(11-5-3-4-8-15-32)30-24-18-27-26(36-19-37-27)17-21(24)14-16-33(30)29(20-9-6-7-10-20)28(22)31(25)35-2/h12-13,17-18,20,29H,3-11,14-16,19H2,1-2H3/t29-/m0/s1. The number of halogens is 1. The molecule has 1 fully saturated rings. The van der Waals surface area contributed by atoms with E-state index in [0.29, 0.717) is 18.8 Å². The van der Waals surface area contributed by atoms with Crippen molar-refractivity contribution < 1.29 is 18.9 Å². The zero-order chi connectivity index (χ0) is 25.4. The van der Waals surface area contributed by atoms with E-state index in [9.17, 15) is 0 Å². The Morgan fingerprint density at radius 2 is 1.73 bits per heavy atom. The van der Waals surface area contributed by atoms with Gasteiger partial charge in [-0.1, -0.05) is 47.7 Å². The molecule has 2 aromatic rings. The van der Waals surface area contributed by atoms with E-state index in [2.05, 4.69) is 45.1 Å². The monoisotopic (exact) mass is 567 g/mol. The summed E-state index contributed by atoms with van der Waals surface area (Å²) < 4.78 is 23.6. The molecule has 0 radical (unpaired) electrons. The van der Waals surface area contributed by atoms with Crippen molar-refractivity contribution in [2.24, 2.45) is 5.92 Å². The first kappa shape index (κ1) is 25.0. The lowest BCUT2D eigenvalue weighted by atomic mass is 9.76. The molecule has 6 rings (SSSR count). The van der Waals surface area contributed by atoms with Gasteiger partial charge in [-0.15, -0.1) is 0 Å². The van der Waals surface area contributed by atoms with Crippen LogP contribution in [-0.4, -0.2) is 37.8 Å². The molecule has 0 aromatic heterocycles. The Balaban J connectivity index is 1.54. The molecule has 0 saturated heterocycles. The molecule has 3 heterocycles. The van der Waals surface area contributed by atoms with Crippen molar-refractivity contribution in [2.75, 3.05) is 32.9 Å². The van der Waals surface area contributed by atoms with Crippen LogP contribution in [0.5, 0.6) is 23.0 Å². The molecule has 2 aromatic carbocycles. The molecule has 0 unspecified atom stereocenters. The maximum atomic E-state index is 6.12. The van der Waals surface area contributed by atoms with Crippen molar-refractivity contribution in [3.05, 3.63) is 46.5 Å². The number of benzene rings is 2. The Hall–Kier alpha value is -2.34. The normalized spacial score (nSPS) is 20.1. The minimum atomic E-state index is 0.299. The lowest BCUT2D eigenvalue weighted by molar-refractivity contribution is 0.174. The number of hydrogen-bond donors (Lipinski definition) is 0. The Kier molecular flexibility index (Phi) is 7.29. The maximum absolute atomic E-state index is 6.12. The number of nitrogens with zero attached hydrogens (tertiary/aromatic N) is 1. The first-order valence-corrected chi connectivity index (χ1v) is 15.1. The van der Waals surface area contributed by atoms with Gasteiger partial charge in [-0.3, -0.25) is 0 Å². The molecule has 198 valence electrons. The smallest absolute Gasteiger partial charge is 0.231 e. The molecule has 4 aliphatic rings. The average molecular weight is 569 g/mol. The van der Waals surface area contributed by atoms with Gasteiger partial charge in [0.05, 0.1) is 20.3 Å². The first-order chi connectivity index (χ1) is 18.2. The fourth-order valence-electron chi connectivity index (χ4n) is 7.09. The summed E-state index contributed by atoms with van der Waals surface area (Å²) in [7, 11) is 3.55. The summed E-state index contributed by atoms with van der Waals surface area (Å²) in [5, 5.41) is 1.08. The Morgan fingerprint density at radius 1 is 0.946 bits per heavy atom. The van der Waals surface area contributed by atoms with E-state index in [4.69, 9.17) is 18.9 Å². The van der Waals surface area contributed by atoms with Crippen LogP contribution in [0.25, 0.3) is 11.3 Å². The quantitative estimate of drug-likeness (QED) is 0.229. The SMILES string of the molecule is COc1ccc2c(c1OC)[C@H](C1CCCC1)N1CCc3cc4c(cc3C1=C2CCCCCCBr)OCO4. The Labute approximate surface area is 229 Å². The Morgan fingerprint density at radius 3 is 2.49 bits per heavy atom. The molecule has 1 saturated carbocycles. The van der Waals surface area contributed by atoms with E-state index in [1.165, 1.54) is 84.9 Å². The molecule has 0 amide bonds. The molecule has 6 heteroatoms. The van der Waals surface area contributed by atoms with Crippen molar-refractivity contribution in [2.45, 2.75) is 70.3 Å². The molecule has 3 aliphatic heterocycles. The number of hydrogen-bond acceptors (Lipinski definition) is 5. The van der Waals surface area contributed by atoms with Crippen LogP contribution in [0.1, 0.15) is 86.1 Å². The summed E-state index contributed by atoms with van der Waals surface area (Å²) in [5.74, 6) is 4.14. The summed E-state index contributed by atoms with van der Waals surface area (Å²) in [6.07, 6.45) is 12.1. The highest BCUT2D eigenvalue weighted by Crippen LogP contribution is 2.57. The van der Waals surface area contributed by atoms with Crippen LogP contribution in [0.3, 0.4) is 0 Å². The van der Waals surface area contributed by atoms with Gasteiger partial charge in [0.2, 0.25) is 6.79 Å². The van der Waals surface area contributed by atoms with E-state index in [1.54, 1.807) is 14.2 Å². The van der Waals surface area contributed by atoms with Gasteiger partial charge in [0, 0.05) is 28.7 Å². The number of unbranched alkanes of at least 4 members (excludes halogenated alkanes) is 3. The minimum absolute atomic E-state index is 0.299. The van der Waals surface area contributed by atoms with Crippen molar-refractivity contribution >= 4 is 27.2 Å². The predicted molar refractivity (Wildman–Crippen MR) is 151 cm³/mol. The van der Waals surface area contributed by atoms with Crippen molar-refractivity contribution in [1.82, 2.24) is 4.90 Å². The van der Waals surface area contributed by atoms with E-state index < -0.39 is 0 Å². The van der Waals surface area contributed by atoms with Crippen molar-refractivity contribution in [3.63, 3.8) is 0 Å². The van der Waals surface area contributed by atoms with Crippen LogP contribution >= 0.6 is 15.9 Å². The predicted octanol–water partition coefficient (Wildman–Crippen LogP) is 7.75. The van der Waals surface area contributed by atoms with E-state index in [1.807, 2.05) is 0 Å². The van der Waals surface area contributed by atoms with E-state index >= 15 is 0 Å². The van der Waals surface area contributed by atoms with Gasteiger partial charge in [-0.25, -0.2) is 0 Å². The third-order valence-electron chi connectivity index (χ3n) is 8.75. The second-order valence-corrected chi connectivity index (χ2v) is 11.5. The minimum Gasteiger partial charge on any atom is -0.493 e. The first-order valence-electron chi connectivity index (χ1n) is 14.0. The number of allylic oxidation sites excluding steroid dienone is 1. The molecule has 1 aliphatic carbocycles. The highest BCUT2D eigenvalue weighted by atomic mass is 79.9. The van der Waals surface area contributed by atoms with E-state index in [-0.39, 0.29) is 0 Å². The number of ether oxygens (including phenoxy) is 4. The average Bonchev–Trinajstić information content (AvgIpc) is 3.62. The van der Waals surface area contributed by atoms with Gasteiger partial charge in [-0.2, -0.15) is 0 Å². The largest absolute Gasteiger partial charge is 0.493 e. The van der Waals surface area contributed by atoms with Crippen LogP contribution in [0, 0.1) is 5.92 Å². The molecule has 0 spiro atoms. The van der Waals surface area contributed by atoms with Crippen LogP contribution < -0.4 is 18.9 Å². The number of rotatable bonds is 9. The number of alkyl halides is 1. The summed E-state index contributed by atoms with van der Waals surface area (Å²) in [5.41, 5.74) is 8.26. The summed E-state index contributed by atoms with van der Waals surface area (Å²) in [4.78, 5) is 2.73. The van der Waals surface area contributed by atoms with Gasteiger partial charge in [0.25, 0.3) is 0 Å². The van der Waals surface area contributed by atoms with E-state index in [0.717, 1.165) is 47.7 Å². The molecule has 5 nitrogen and oxygen atoms in total. The lowest BCUT2D eigenvalue weighted by Crippen LogP contribution is -2.40. The second kappa shape index (κ2) is 10.8. The highest BCUT2D eigenvalue weighted by Gasteiger charge is 2.43.